The van der Waals surface area contributed by atoms with E-state index in [1.165, 1.54) is 0 Å². The Morgan fingerprint density at radius 2 is 0.929 bits per heavy atom. The van der Waals surface area contributed by atoms with E-state index in [4.69, 9.17) is 39.6 Å². The Bertz CT molecular complexity index is 177. The Hall–Kier alpha value is -1.64. The zero-order valence-corrected chi connectivity index (χ0v) is 7.84. The van der Waals surface area contributed by atoms with E-state index < -0.39 is 23.9 Å². The Labute approximate surface area is 87.4 Å². The van der Waals surface area contributed by atoms with Crippen LogP contribution in [0, 0.1) is 0 Å². The van der Waals surface area contributed by atoms with Crippen LogP contribution in [0.15, 0.2) is 0 Å². The van der Waals surface area contributed by atoms with Gasteiger partial charge in [0.2, 0.25) is 0 Å². The van der Waals surface area contributed by atoms with Crippen LogP contribution in [0.3, 0.4) is 0 Å². The van der Waals surface area contributed by atoms with Gasteiger partial charge in [-0.15, -0.1) is 0 Å². The van der Waals surface area contributed by atoms with Gasteiger partial charge in [-0.2, -0.15) is 0 Å². The molecule has 0 atom stereocenters. The SMILES string of the molecule is O=C(O)C(=O)O.O=C([O-])C(=O)O.[Fe].[NH4+]. The Morgan fingerprint density at radius 3 is 0.929 bits per heavy atom. The monoisotopic (exact) mass is 253 g/mol. The maximum Gasteiger partial charge on any atom is 0.414 e. The van der Waals surface area contributed by atoms with E-state index in [1.54, 1.807) is 0 Å². The first-order chi connectivity index (χ1) is 5.29. The van der Waals surface area contributed by atoms with Gasteiger partial charge in [0.25, 0.3) is 0 Å². The number of rotatable bonds is 0. The molecule has 0 radical (unpaired) electrons. The molecule has 0 aromatic carbocycles. The summed E-state index contributed by atoms with van der Waals surface area (Å²) in [5.74, 6) is -7.66. The third kappa shape index (κ3) is 22.4. The molecular weight excluding hydrogens is 246 g/mol. The predicted molar refractivity (Wildman–Crippen MR) is 33.9 cm³/mol. The number of quaternary nitrogens is 1. The molecule has 0 aliphatic rings. The Morgan fingerprint density at radius 1 is 0.786 bits per heavy atom. The fraction of sp³-hybridized carbons (Fsp3) is 0. The molecular formula is C4H7FeNO8. The second kappa shape index (κ2) is 11.4. The third-order valence-electron chi connectivity index (χ3n) is 0.358. The molecule has 14 heavy (non-hydrogen) atoms. The molecule has 0 spiro atoms. The smallest absolute Gasteiger partial charge is 0.414 e. The molecule has 0 amide bonds. The second-order valence-electron chi connectivity index (χ2n) is 1.20. The molecule has 0 aliphatic carbocycles. The summed E-state index contributed by atoms with van der Waals surface area (Å²) in [4.78, 5) is 36.2. The van der Waals surface area contributed by atoms with E-state index in [2.05, 4.69) is 0 Å². The standard InChI is InChI=1S/2C2H2O4.Fe.H3N/c2*3-1(4)2(5)6;;/h2*(H,3,4)(H,5,6);;1H3. The summed E-state index contributed by atoms with van der Waals surface area (Å²) < 4.78 is 0. The molecule has 0 fully saturated rings. The minimum absolute atomic E-state index is 0. The van der Waals surface area contributed by atoms with Gasteiger partial charge in [-0.25, -0.2) is 14.4 Å². The summed E-state index contributed by atoms with van der Waals surface area (Å²) in [6.07, 6.45) is 0. The van der Waals surface area contributed by atoms with Crippen LogP contribution >= 0.6 is 0 Å². The summed E-state index contributed by atoms with van der Waals surface area (Å²) in [6, 6.07) is 0. The average Bonchev–Trinajstić information content (AvgIpc) is 1.88. The van der Waals surface area contributed by atoms with Crippen LogP contribution in [0.2, 0.25) is 0 Å². The maximum atomic E-state index is 9.10. The summed E-state index contributed by atoms with van der Waals surface area (Å²) in [7, 11) is 0. The van der Waals surface area contributed by atoms with Crippen molar-refractivity contribution in [1.82, 2.24) is 6.15 Å². The molecule has 0 aliphatic heterocycles. The number of carboxylic acid groups (broad SMARTS) is 4. The van der Waals surface area contributed by atoms with Gasteiger partial charge in [0.15, 0.2) is 5.97 Å². The molecule has 0 bridgehead atoms. The topological polar surface area (TPSA) is 189 Å². The average molecular weight is 253 g/mol. The third-order valence-corrected chi connectivity index (χ3v) is 0.358. The van der Waals surface area contributed by atoms with E-state index in [1.807, 2.05) is 0 Å². The van der Waals surface area contributed by atoms with E-state index in [9.17, 15) is 0 Å². The van der Waals surface area contributed by atoms with Crippen molar-refractivity contribution >= 4 is 23.9 Å². The summed E-state index contributed by atoms with van der Waals surface area (Å²) in [5.41, 5.74) is 0. The molecule has 10 heteroatoms. The van der Waals surface area contributed by atoms with Gasteiger partial charge in [-0.3, -0.25) is 0 Å². The maximum absolute atomic E-state index is 9.10. The van der Waals surface area contributed by atoms with Gasteiger partial charge in [-0.1, -0.05) is 0 Å². The van der Waals surface area contributed by atoms with Gasteiger partial charge in [0, 0.05) is 17.1 Å². The quantitative estimate of drug-likeness (QED) is 0.265. The molecule has 0 aromatic heterocycles. The first-order valence-corrected chi connectivity index (χ1v) is 2.19. The largest absolute Gasteiger partial charge is 0.539 e. The van der Waals surface area contributed by atoms with Gasteiger partial charge in [0.05, 0.1) is 0 Å². The minimum atomic E-state index is -2.07. The van der Waals surface area contributed by atoms with E-state index in [0.29, 0.717) is 0 Å². The second-order valence-corrected chi connectivity index (χ2v) is 1.20. The molecule has 0 unspecified atom stereocenters. The van der Waals surface area contributed by atoms with E-state index in [-0.39, 0.29) is 23.2 Å². The van der Waals surface area contributed by atoms with Crippen molar-refractivity contribution in [3.63, 3.8) is 0 Å². The van der Waals surface area contributed by atoms with Crippen molar-refractivity contribution in [2.45, 2.75) is 0 Å². The number of carboxylic acids is 4. The zero-order chi connectivity index (χ0) is 10.3. The van der Waals surface area contributed by atoms with Crippen LogP contribution in [0.5, 0.6) is 0 Å². The zero-order valence-electron chi connectivity index (χ0n) is 6.74. The molecule has 9 nitrogen and oxygen atoms in total. The molecule has 7 N–H and O–H groups in total. The summed E-state index contributed by atoms with van der Waals surface area (Å²) in [5, 5.41) is 31.1. The van der Waals surface area contributed by atoms with Crippen molar-refractivity contribution in [3.8, 4) is 0 Å². The number of hydrogen-bond acceptors (Lipinski definition) is 5. The van der Waals surface area contributed by atoms with Crippen LogP contribution in [-0.4, -0.2) is 39.2 Å². The van der Waals surface area contributed by atoms with Gasteiger partial charge >= 0.3 is 17.9 Å². The normalized spacial score (nSPS) is 6.29. The van der Waals surface area contributed by atoms with Gasteiger partial charge < -0.3 is 31.4 Å². The van der Waals surface area contributed by atoms with Crippen molar-refractivity contribution < 1.29 is 56.7 Å². The van der Waals surface area contributed by atoms with Crippen molar-refractivity contribution in [2.24, 2.45) is 0 Å². The Balaban J connectivity index is -0.0000000625. The van der Waals surface area contributed by atoms with Crippen LogP contribution < -0.4 is 11.3 Å². The number of carbonyl (C=O) groups excluding carboxylic acids is 1. The number of aliphatic carboxylic acids is 4. The van der Waals surface area contributed by atoms with E-state index in [0.717, 1.165) is 0 Å². The van der Waals surface area contributed by atoms with Gasteiger partial charge in [0.1, 0.15) is 0 Å². The number of hydrogen-bond donors (Lipinski definition) is 4. The first-order valence-electron chi connectivity index (χ1n) is 2.19. The van der Waals surface area contributed by atoms with E-state index >= 15 is 0 Å². The molecule has 0 saturated heterocycles. The minimum Gasteiger partial charge on any atom is -0.539 e. The summed E-state index contributed by atoms with van der Waals surface area (Å²) in [6.45, 7) is 0. The van der Waals surface area contributed by atoms with Crippen molar-refractivity contribution in [3.05, 3.63) is 0 Å². The first kappa shape index (κ1) is 22.8. The fourth-order valence-electron chi connectivity index (χ4n) is 0. The van der Waals surface area contributed by atoms with Crippen molar-refractivity contribution in [1.29, 1.82) is 0 Å². The Kier molecular flexibility index (Phi) is 18.5. The molecule has 0 saturated carbocycles. The molecule has 0 heterocycles. The van der Waals surface area contributed by atoms with Crippen LogP contribution in [0.1, 0.15) is 0 Å². The van der Waals surface area contributed by atoms with Crippen LogP contribution in [-0.2, 0) is 36.2 Å². The number of carbonyl (C=O) groups is 4. The predicted octanol–water partition coefficient (Wildman–Crippen LogP) is -2.65. The van der Waals surface area contributed by atoms with Crippen LogP contribution in [0.25, 0.3) is 0 Å². The molecule has 0 aromatic rings. The van der Waals surface area contributed by atoms with Crippen molar-refractivity contribution in [2.75, 3.05) is 0 Å². The van der Waals surface area contributed by atoms with Gasteiger partial charge in [-0.05, 0) is 0 Å². The fourth-order valence-corrected chi connectivity index (χ4v) is 0. The molecule has 0 rings (SSSR count). The van der Waals surface area contributed by atoms with Crippen LogP contribution in [0.4, 0.5) is 0 Å². The summed E-state index contributed by atoms with van der Waals surface area (Å²) >= 11 is 0. The molecule has 84 valence electrons.